The zero-order valence-corrected chi connectivity index (χ0v) is 9.99. The van der Waals surface area contributed by atoms with Crippen LogP contribution >= 0.6 is 0 Å². The SMILES string of the molecule is [2H]C([2H])([2H])Oc1ccc2cccc(C([2H])([2H])CNC(C)=O)c2c1. The molecule has 1 N–H and O–H groups in total. The van der Waals surface area contributed by atoms with Gasteiger partial charge in [0.1, 0.15) is 5.75 Å². The van der Waals surface area contributed by atoms with Gasteiger partial charge in [0.05, 0.1) is 11.2 Å². The lowest BCUT2D eigenvalue weighted by Gasteiger charge is -2.08. The number of benzene rings is 2. The number of rotatable bonds is 4. The molecule has 0 aromatic heterocycles. The van der Waals surface area contributed by atoms with Gasteiger partial charge in [-0.3, -0.25) is 4.79 Å². The second-order valence-corrected chi connectivity index (χ2v) is 3.88. The zero-order valence-electron chi connectivity index (χ0n) is 15.0. The molecule has 2 rings (SSSR count). The van der Waals surface area contributed by atoms with Crippen molar-refractivity contribution in [1.82, 2.24) is 5.32 Å². The maximum Gasteiger partial charge on any atom is 0.216 e. The molecule has 3 nitrogen and oxygen atoms in total. The van der Waals surface area contributed by atoms with E-state index in [0.717, 1.165) is 5.39 Å². The first kappa shape index (κ1) is 7.41. The highest BCUT2D eigenvalue weighted by Gasteiger charge is 2.03. The monoisotopic (exact) mass is 248 g/mol. The fourth-order valence-electron chi connectivity index (χ4n) is 1.73. The van der Waals surface area contributed by atoms with Crippen LogP contribution in [0.2, 0.25) is 0 Å². The van der Waals surface area contributed by atoms with Gasteiger partial charge in [0.2, 0.25) is 5.91 Å². The third kappa shape index (κ3) is 2.80. The van der Waals surface area contributed by atoms with Gasteiger partial charge in [-0.15, -0.1) is 0 Å². The van der Waals surface area contributed by atoms with Crippen molar-refractivity contribution < 1.29 is 16.4 Å². The van der Waals surface area contributed by atoms with Crippen LogP contribution in [0.4, 0.5) is 0 Å². The molecule has 0 atom stereocenters. The molecule has 0 aliphatic heterocycles. The number of amides is 1. The molecular formula is C15H17NO2. The molecule has 2 aromatic rings. The largest absolute Gasteiger partial charge is 0.497 e. The van der Waals surface area contributed by atoms with Crippen molar-refractivity contribution in [3.8, 4) is 5.75 Å². The van der Waals surface area contributed by atoms with Gasteiger partial charge in [-0.2, -0.15) is 0 Å². The van der Waals surface area contributed by atoms with Gasteiger partial charge in [0.15, 0.2) is 0 Å². The number of fused-ring (bicyclic) bond motifs is 1. The van der Waals surface area contributed by atoms with E-state index in [-0.39, 0.29) is 18.2 Å². The Hall–Kier alpha value is -2.03. The van der Waals surface area contributed by atoms with E-state index in [4.69, 9.17) is 11.6 Å². The summed E-state index contributed by atoms with van der Waals surface area (Å²) in [4.78, 5) is 11.0. The second-order valence-electron chi connectivity index (χ2n) is 3.88. The van der Waals surface area contributed by atoms with E-state index in [1.54, 1.807) is 24.3 Å². The summed E-state index contributed by atoms with van der Waals surface area (Å²) in [5.41, 5.74) is 0.361. The number of methoxy groups -OCH3 is 1. The fourth-order valence-corrected chi connectivity index (χ4v) is 1.73. The highest BCUT2D eigenvalue weighted by molar-refractivity contribution is 5.87. The lowest BCUT2D eigenvalue weighted by atomic mass is 10.0. The average molecular weight is 248 g/mol. The molecule has 0 aliphatic carbocycles. The van der Waals surface area contributed by atoms with E-state index in [1.807, 2.05) is 0 Å². The smallest absolute Gasteiger partial charge is 0.216 e. The van der Waals surface area contributed by atoms with Crippen LogP contribution in [0, 0.1) is 0 Å². The number of hydrogen-bond acceptors (Lipinski definition) is 2. The number of carbonyl (C=O) groups is 1. The van der Waals surface area contributed by atoms with Crippen LogP contribution in [0.25, 0.3) is 10.8 Å². The second kappa shape index (κ2) is 5.54. The summed E-state index contributed by atoms with van der Waals surface area (Å²) in [6.45, 7) is 1.15. The van der Waals surface area contributed by atoms with Crippen LogP contribution in [0.5, 0.6) is 5.75 Å². The lowest BCUT2D eigenvalue weighted by molar-refractivity contribution is -0.118. The molecule has 0 bridgehead atoms. The zero-order chi connectivity index (χ0) is 17.3. The Bertz CT molecular complexity index is 727. The molecule has 3 heteroatoms. The molecule has 0 unspecified atom stereocenters. The summed E-state index contributed by atoms with van der Waals surface area (Å²) in [6, 6.07) is 9.84. The minimum atomic E-state index is -2.57. The molecule has 0 aliphatic rings. The van der Waals surface area contributed by atoms with Gasteiger partial charge >= 0.3 is 0 Å². The minimum Gasteiger partial charge on any atom is -0.497 e. The summed E-state index contributed by atoms with van der Waals surface area (Å²) < 4.78 is 42.7. The van der Waals surface area contributed by atoms with Crippen molar-refractivity contribution in [2.75, 3.05) is 13.6 Å². The molecule has 0 fully saturated rings. The molecule has 0 spiro atoms. The van der Waals surface area contributed by atoms with Crippen LogP contribution in [0.1, 0.15) is 19.3 Å². The standard InChI is InChI=1S/C15H17NO2/c1-11(17)16-9-8-13-5-3-4-12-6-7-14(18-2)10-15(12)13/h3-7,10H,8-9H2,1-2H3,(H,16,17)/i2D3,8D2. The van der Waals surface area contributed by atoms with Gasteiger partial charge in [0.25, 0.3) is 0 Å². The predicted molar refractivity (Wildman–Crippen MR) is 72.9 cm³/mol. The highest BCUT2D eigenvalue weighted by Crippen LogP contribution is 2.24. The number of nitrogens with one attached hydrogen (secondary N) is 1. The van der Waals surface area contributed by atoms with Crippen LogP contribution in [0.15, 0.2) is 36.4 Å². The molecule has 2 aromatic carbocycles. The van der Waals surface area contributed by atoms with Crippen molar-refractivity contribution in [3.05, 3.63) is 42.0 Å². The van der Waals surface area contributed by atoms with Crippen molar-refractivity contribution in [2.45, 2.75) is 13.3 Å². The van der Waals surface area contributed by atoms with E-state index in [1.165, 1.54) is 19.1 Å². The van der Waals surface area contributed by atoms with Crippen LogP contribution in [-0.2, 0) is 11.2 Å². The van der Waals surface area contributed by atoms with E-state index in [9.17, 15) is 4.79 Å². The molecule has 0 radical (unpaired) electrons. The van der Waals surface area contributed by atoms with Crippen LogP contribution < -0.4 is 10.1 Å². The predicted octanol–water partition coefficient (Wildman–Crippen LogP) is 2.53. The van der Waals surface area contributed by atoms with Gasteiger partial charge in [-0.1, -0.05) is 24.3 Å². The Labute approximate surface area is 114 Å². The topological polar surface area (TPSA) is 38.3 Å². The Balaban J connectivity index is 2.46. The first-order valence-corrected chi connectivity index (χ1v) is 5.55. The molecule has 0 saturated heterocycles. The molecule has 94 valence electrons. The van der Waals surface area contributed by atoms with Crippen LogP contribution in [-0.4, -0.2) is 19.5 Å². The number of ether oxygens (including phenoxy) is 1. The summed E-state index contributed by atoms with van der Waals surface area (Å²) in [5, 5.41) is 3.77. The third-order valence-corrected chi connectivity index (χ3v) is 2.59. The van der Waals surface area contributed by atoms with E-state index >= 15 is 0 Å². The van der Waals surface area contributed by atoms with Crippen molar-refractivity contribution >= 4 is 16.7 Å². The van der Waals surface area contributed by atoms with Gasteiger partial charge < -0.3 is 10.1 Å². The molecule has 0 saturated carbocycles. The summed E-state index contributed by atoms with van der Waals surface area (Å²) in [7, 11) is -2.57. The van der Waals surface area contributed by atoms with Crippen molar-refractivity contribution in [2.24, 2.45) is 0 Å². The number of hydrogen-bond donors (Lipinski definition) is 1. The summed E-state index contributed by atoms with van der Waals surface area (Å²) in [5.74, 6) is -0.180. The molecule has 0 heterocycles. The molecule has 1 amide bonds. The van der Waals surface area contributed by atoms with E-state index in [0.29, 0.717) is 10.9 Å². The van der Waals surface area contributed by atoms with E-state index < -0.39 is 13.4 Å². The molecular weight excluding hydrogens is 226 g/mol. The van der Waals surface area contributed by atoms with Gasteiger partial charge in [0, 0.05) is 16.2 Å². The Kier molecular flexibility index (Phi) is 2.28. The van der Waals surface area contributed by atoms with Gasteiger partial charge in [-0.25, -0.2) is 0 Å². The fraction of sp³-hybridized carbons (Fsp3) is 0.267. The van der Waals surface area contributed by atoms with Crippen molar-refractivity contribution in [3.63, 3.8) is 0 Å². The Morgan fingerprint density at radius 2 is 2.33 bits per heavy atom. The minimum absolute atomic E-state index is 0.139. The first-order valence-electron chi connectivity index (χ1n) is 8.05. The normalized spacial score (nSPS) is 15.9. The lowest BCUT2D eigenvalue weighted by Crippen LogP contribution is -2.22. The maximum atomic E-state index is 11.0. The van der Waals surface area contributed by atoms with Crippen molar-refractivity contribution in [1.29, 1.82) is 0 Å². The Morgan fingerprint density at radius 1 is 1.44 bits per heavy atom. The van der Waals surface area contributed by atoms with E-state index in [2.05, 4.69) is 5.32 Å². The summed E-state index contributed by atoms with van der Waals surface area (Å²) in [6.07, 6.45) is -1.80. The third-order valence-electron chi connectivity index (χ3n) is 2.59. The summed E-state index contributed by atoms with van der Waals surface area (Å²) >= 11 is 0. The van der Waals surface area contributed by atoms with Gasteiger partial charge in [-0.05, 0) is 34.8 Å². The number of carbonyl (C=O) groups excluding carboxylic acids is 1. The quantitative estimate of drug-likeness (QED) is 0.903. The highest BCUT2D eigenvalue weighted by atomic mass is 16.5. The average Bonchev–Trinajstić information content (AvgIpc) is 2.43. The maximum absolute atomic E-state index is 11.0. The molecule has 18 heavy (non-hydrogen) atoms. The first-order chi connectivity index (χ1) is 10.6. The Morgan fingerprint density at radius 3 is 3.11 bits per heavy atom. The van der Waals surface area contributed by atoms with Crippen LogP contribution in [0.3, 0.4) is 0 Å².